The summed E-state index contributed by atoms with van der Waals surface area (Å²) in [6, 6.07) is 7.68. The van der Waals surface area contributed by atoms with E-state index in [1.54, 1.807) is 10.9 Å². The highest BCUT2D eigenvalue weighted by atomic mass is 79.9. The molecule has 3 rings (SSSR count). The molecule has 2 aromatic heterocycles. The molecule has 0 bridgehead atoms. The summed E-state index contributed by atoms with van der Waals surface area (Å²) in [7, 11) is 0. The van der Waals surface area contributed by atoms with Crippen molar-refractivity contribution in [2.75, 3.05) is 0 Å². The SMILES string of the molecule is CCn1cc(C=O)c(-c2cc3cc(Br)ccc3o2)n1. The Morgan fingerprint density at radius 3 is 3.00 bits per heavy atom. The summed E-state index contributed by atoms with van der Waals surface area (Å²) >= 11 is 3.42. The Labute approximate surface area is 118 Å². The lowest BCUT2D eigenvalue weighted by Gasteiger charge is -1.92. The van der Waals surface area contributed by atoms with Gasteiger partial charge in [-0.2, -0.15) is 5.10 Å². The van der Waals surface area contributed by atoms with Gasteiger partial charge >= 0.3 is 0 Å². The highest BCUT2D eigenvalue weighted by Crippen LogP contribution is 2.30. The number of aromatic nitrogens is 2. The third-order valence-electron chi connectivity index (χ3n) is 2.95. The van der Waals surface area contributed by atoms with Crippen LogP contribution in [0.1, 0.15) is 17.3 Å². The second-order valence-corrected chi connectivity index (χ2v) is 5.12. The monoisotopic (exact) mass is 318 g/mol. The Morgan fingerprint density at radius 2 is 2.26 bits per heavy atom. The number of aldehydes is 1. The van der Waals surface area contributed by atoms with Crippen molar-refractivity contribution in [2.45, 2.75) is 13.5 Å². The molecular weight excluding hydrogens is 308 g/mol. The van der Waals surface area contributed by atoms with Gasteiger partial charge in [0.05, 0.1) is 5.56 Å². The smallest absolute Gasteiger partial charge is 0.156 e. The zero-order valence-corrected chi connectivity index (χ0v) is 11.8. The topological polar surface area (TPSA) is 48.0 Å². The van der Waals surface area contributed by atoms with E-state index in [-0.39, 0.29) is 0 Å². The molecule has 4 nitrogen and oxygen atoms in total. The highest BCUT2D eigenvalue weighted by molar-refractivity contribution is 9.10. The Kier molecular flexibility index (Phi) is 2.98. The molecule has 1 aromatic carbocycles. The van der Waals surface area contributed by atoms with Gasteiger partial charge in [-0.25, -0.2) is 0 Å². The number of hydrogen-bond donors (Lipinski definition) is 0. The number of furan rings is 1. The molecule has 3 aromatic rings. The number of carbonyl (C=O) groups is 1. The molecule has 0 aliphatic rings. The summed E-state index contributed by atoms with van der Waals surface area (Å²) in [5.74, 6) is 0.613. The van der Waals surface area contributed by atoms with Crippen LogP contribution in [0, 0.1) is 0 Å². The molecule has 0 atom stereocenters. The second kappa shape index (κ2) is 4.66. The molecule has 5 heteroatoms. The van der Waals surface area contributed by atoms with Crippen molar-refractivity contribution < 1.29 is 9.21 Å². The van der Waals surface area contributed by atoms with Gasteiger partial charge in [0.2, 0.25) is 0 Å². The molecular formula is C14H11BrN2O2. The summed E-state index contributed by atoms with van der Waals surface area (Å²) in [4.78, 5) is 11.1. The van der Waals surface area contributed by atoms with Crippen molar-refractivity contribution in [1.29, 1.82) is 0 Å². The van der Waals surface area contributed by atoms with E-state index in [1.807, 2.05) is 31.2 Å². The zero-order valence-electron chi connectivity index (χ0n) is 10.3. The first-order valence-electron chi connectivity index (χ1n) is 5.93. The fraction of sp³-hybridized carbons (Fsp3) is 0.143. The van der Waals surface area contributed by atoms with E-state index in [9.17, 15) is 4.79 Å². The standard InChI is InChI=1S/C14H11BrN2O2/c1-2-17-7-10(8-18)14(16-17)13-6-9-5-11(15)3-4-12(9)19-13/h3-8H,2H2,1H3. The Balaban J connectivity index is 2.18. The number of rotatable bonds is 3. The molecule has 0 saturated carbocycles. The predicted molar refractivity (Wildman–Crippen MR) is 76.2 cm³/mol. The summed E-state index contributed by atoms with van der Waals surface area (Å²) in [6.45, 7) is 2.69. The fourth-order valence-corrected chi connectivity index (χ4v) is 2.39. The Bertz CT molecular complexity index is 758. The molecule has 0 amide bonds. The average Bonchev–Trinajstić information content (AvgIpc) is 3.00. The third-order valence-corrected chi connectivity index (χ3v) is 3.45. The molecule has 19 heavy (non-hydrogen) atoms. The lowest BCUT2D eigenvalue weighted by Crippen LogP contribution is -1.93. The van der Waals surface area contributed by atoms with Crippen molar-refractivity contribution in [2.24, 2.45) is 0 Å². The maximum Gasteiger partial charge on any atom is 0.156 e. The lowest BCUT2D eigenvalue weighted by atomic mass is 10.2. The molecule has 0 radical (unpaired) electrons. The Hall–Kier alpha value is -1.88. The van der Waals surface area contributed by atoms with E-state index in [2.05, 4.69) is 21.0 Å². The highest BCUT2D eigenvalue weighted by Gasteiger charge is 2.14. The van der Waals surface area contributed by atoms with Crippen LogP contribution >= 0.6 is 15.9 Å². The first kappa shape index (κ1) is 12.2. The normalized spacial score (nSPS) is 11.1. The van der Waals surface area contributed by atoms with E-state index >= 15 is 0 Å². The van der Waals surface area contributed by atoms with Crippen LogP contribution in [0.5, 0.6) is 0 Å². The van der Waals surface area contributed by atoms with Crippen LogP contribution in [0.25, 0.3) is 22.4 Å². The van der Waals surface area contributed by atoms with Gasteiger partial charge in [-0.1, -0.05) is 15.9 Å². The van der Waals surface area contributed by atoms with Gasteiger partial charge in [0.1, 0.15) is 11.3 Å². The van der Waals surface area contributed by atoms with Crippen LogP contribution in [0.2, 0.25) is 0 Å². The van der Waals surface area contributed by atoms with Gasteiger partial charge < -0.3 is 4.42 Å². The predicted octanol–water partition coefficient (Wildman–Crippen LogP) is 3.89. The molecule has 0 N–H and O–H groups in total. The largest absolute Gasteiger partial charge is 0.454 e. The summed E-state index contributed by atoms with van der Waals surface area (Å²) in [6.07, 6.45) is 2.53. The molecule has 0 unspecified atom stereocenters. The van der Waals surface area contributed by atoms with E-state index in [0.29, 0.717) is 23.6 Å². The maximum atomic E-state index is 11.1. The van der Waals surface area contributed by atoms with E-state index < -0.39 is 0 Å². The fourth-order valence-electron chi connectivity index (χ4n) is 2.01. The first-order valence-corrected chi connectivity index (χ1v) is 6.72. The van der Waals surface area contributed by atoms with Crippen LogP contribution in [0.3, 0.4) is 0 Å². The van der Waals surface area contributed by atoms with Gasteiger partial charge in [0, 0.05) is 22.6 Å². The number of nitrogens with zero attached hydrogens (tertiary/aromatic N) is 2. The lowest BCUT2D eigenvalue weighted by molar-refractivity contribution is 0.112. The number of halogens is 1. The minimum absolute atomic E-state index is 0.542. The number of benzene rings is 1. The zero-order chi connectivity index (χ0) is 13.4. The van der Waals surface area contributed by atoms with Crippen LogP contribution in [0.4, 0.5) is 0 Å². The first-order chi connectivity index (χ1) is 9.21. The van der Waals surface area contributed by atoms with E-state index in [4.69, 9.17) is 4.42 Å². The second-order valence-electron chi connectivity index (χ2n) is 4.20. The summed E-state index contributed by atoms with van der Waals surface area (Å²) in [5, 5.41) is 5.35. The van der Waals surface area contributed by atoms with Crippen molar-refractivity contribution in [1.82, 2.24) is 9.78 Å². The number of hydrogen-bond acceptors (Lipinski definition) is 3. The number of aryl methyl sites for hydroxylation is 1. The minimum atomic E-state index is 0.542. The van der Waals surface area contributed by atoms with Crippen molar-refractivity contribution in [3.63, 3.8) is 0 Å². The summed E-state index contributed by atoms with van der Waals surface area (Å²) in [5.41, 5.74) is 1.91. The quantitative estimate of drug-likeness (QED) is 0.688. The van der Waals surface area contributed by atoms with Gasteiger partial charge in [0.15, 0.2) is 12.0 Å². The molecule has 96 valence electrons. The summed E-state index contributed by atoms with van der Waals surface area (Å²) < 4.78 is 8.47. The Morgan fingerprint density at radius 1 is 1.42 bits per heavy atom. The minimum Gasteiger partial charge on any atom is -0.454 e. The van der Waals surface area contributed by atoms with E-state index in [0.717, 1.165) is 21.7 Å². The van der Waals surface area contributed by atoms with Crippen molar-refractivity contribution in [3.8, 4) is 11.5 Å². The van der Waals surface area contributed by atoms with Gasteiger partial charge in [-0.3, -0.25) is 9.48 Å². The number of fused-ring (bicyclic) bond motifs is 1. The molecule has 0 saturated heterocycles. The molecule has 0 aliphatic heterocycles. The molecule has 2 heterocycles. The third kappa shape index (κ3) is 2.10. The van der Waals surface area contributed by atoms with Crippen LogP contribution in [-0.4, -0.2) is 16.1 Å². The van der Waals surface area contributed by atoms with Gasteiger partial charge in [-0.05, 0) is 31.2 Å². The van der Waals surface area contributed by atoms with Crippen molar-refractivity contribution >= 4 is 33.2 Å². The molecule has 0 aliphatic carbocycles. The average molecular weight is 319 g/mol. The van der Waals surface area contributed by atoms with E-state index in [1.165, 1.54) is 0 Å². The van der Waals surface area contributed by atoms with Gasteiger partial charge in [0.25, 0.3) is 0 Å². The molecule has 0 spiro atoms. The molecule has 0 fully saturated rings. The van der Waals surface area contributed by atoms with Gasteiger partial charge in [-0.15, -0.1) is 0 Å². The van der Waals surface area contributed by atoms with Crippen molar-refractivity contribution in [3.05, 3.63) is 40.5 Å². The van der Waals surface area contributed by atoms with Crippen LogP contribution < -0.4 is 0 Å². The van der Waals surface area contributed by atoms with Crippen LogP contribution in [-0.2, 0) is 6.54 Å². The van der Waals surface area contributed by atoms with Crippen LogP contribution in [0.15, 0.2) is 39.4 Å². The maximum absolute atomic E-state index is 11.1. The number of carbonyl (C=O) groups excluding carboxylic acids is 1.